The molecule has 21 heavy (non-hydrogen) atoms. The first-order valence-corrected chi connectivity index (χ1v) is 7.28. The molecule has 0 heterocycles. The van der Waals surface area contributed by atoms with Crippen molar-refractivity contribution in [3.8, 4) is 0 Å². The average Bonchev–Trinajstić information content (AvgIpc) is 2.85. The predicted molar refractivity (Wildman–Crippen MR) is 88.5 cm³/mol. The van der Waals surface area contributed by atoms with E-state index in [0.29, 0.717) is 12.0 Å². The summed E-state index contributed by atoms with van der Waals surface area (Å²) < 4.78 is 0. The van der Waals surface area contributed by atoms with E-state index in [9.17, 15) is 0 Å². The summed E-state index contributed by atoms with van der Waals surface area (Å²) in [5, 5.41) is 2.57. The van der Waals surface area contributed by atoms with E-state index in [4.69, 9.17) is 12.6 Å². The van der Waals surface area contributed by atoms with Crippen molar-refractivity contribution in [2.24, 2.45) is 5.92 Å². The SMILES string of the molecule is CN(C)[C@H](c1ccc2ccccc2c1)C1C=CC=C1[S-].[Li+]. The Hall–Kier alpha value is -1.04. The summed E-state index contributed by atoms with van der Waals surface area (Å²) >= 11 is 5.49. The smallest absolute Gasteiger partial charge is 0.783 e. The quantitative estimate of drug-likeness (QED) is 0.613. The molecule has 3 heteroatoms. The second-order valence-corrected chi connectivity index (χ2v) is 5.97. The number of fused-ring (bicyclic) bond motifs is 1. The van der Waals surface area contributed by atoms with Gasteiger partial charge in [0.1, 0.15) is 0 Å². The minimum absolute atomic E-state index is 0. The Morgan fingerprint density at radius 3 is 2.38 bits per heavy atom. The van der Waals surface area contributed by atoms with Crippen LogP contribution in [0.4, 0.5) is 0 Å². The molecule has 102 valence electrons. The number of rotatable bonds is 3. The van der Waals surface area contributed by atoms with E-state index < -0.39 is 0 Å². The summed E-state index contributed by atoms with van der Waals surface area (Å²) in [7, 11) is 4.24. The third kappa shape index (κ3) is 3.25. The second kappa shape index (κ2) is 6.81. The number of hydrogen-bond acceptors (Lipinski definition) is 2. The average molecular weight is 287 g/mol. The van der Waals surface area contributed by atoms with Crippen LogP contribution in [0.15, 0.2) is 65.6 Å². The van der Waals surface area contributed by atoms with Crippen LogP contribution in [0.3, 0.4) is 0 Å². The summed E-state index contributed by atoms with van der Waals surface area (Å²) in [6, 6.07) is 15.5. The number of hydrogen-bond donors (Lipinski definition) is 0. The van der Waals surface area contributed by atoms with Crippen molar-refractivity contribution >= 4 is 23.4 Å². The number of nitrogens with zero attached hydrogens (tertiary/aromatic N) is 1. The van der Waals surface area contributed by atoms with Gasteiger partial charge in [0, 0.05) is 6.04 Å². The van der Waals surface area contributed by atoms with Crippen molar-refractivity contribution in [3.63, 3.8) is 0 Å². The maximum absolute atomic E-state index is 5.49. The van der Waals surface area contributed by atoms with Gasteiger partial charge >= 0.3 is 18.9 Å². The van der Waals surface area contributed by atoms with Crippen molar-refractivity contribution < 1.29 is 18.9 Å². The Balaban J connectivity index is 0.00000161. The zero-order chi connectivity index (χ0) is 14.1. The molecule has 0 radical (unpaired) electrons. The fraction of sp³-hybridized carbons (Fsp3) is 0.222. The van der Waals surface area contributed by atoms with Crippen molar-refractivity contribution in [2.75, 3.05) is 14.1 Å². The van der Waals surface area contributed by atoms with E-state index >= 15 is 0 Å². The molecule has 0 aliphatic heterocycles. The third-order valence-electron chi connectivity index (χ3n) is 3.92. The van der Waals surface area contributed by atoms with Gasteiger partial charge in [-0.05, 0) is 42.4 Å². The van der Waals surface area contributed by atoms with Gasteiger partial charge in [0.05, 0.1) is 0 Å². The molecule has 0 aromatic heterocycles. The van der Waals surface area contributed by atoms with Gasteiger partial charge in [0.2, 0.25) is 0 Å². The minimum Gasteiger partial charge on any atom is -0.783 e. The third-order valence-corrected chi connectivity index (χ3v) is 4.33. The van der Waals surface area contributed by atoms with Crippen LogP contribution in [0.25, 0.3) is 10.8 Å². The largest absolute Gasteiger partial charge is 1.00 e. The molecule has 1 aliphatic carbocycles. The van der Waals surface area contributed by atoms with Gasteiger partial charge < -0.3 is 17.5 Å². The fourth-order valence-corrected chi connectivity index (χ4v) is 3.24. The molecule has 1 aliphatic rings. The van der Waals surface area contributed by atoms with Gasteiger partial charge in [-0.2, -0.15) is 4.91 Å². The Kier molecular flexibility index (Phi) is 5.30. The van der Waals surface area contributed by atoms with Crippen LogP contribution >= 0.6 is 0 Å². The first kappa shape index (κ1) is 16.3. The Morgan fingerprint density at radius 1 is 1.05 bits per heavy atom. The summed E-state index contributed by atoms with van der Waals surface area (Å²) in [6.45, 7) is 0. The van der Waals surface area contributed by atoms with E-state index in [0.717, 1.165) is 4.91 Å². The zero-order valence-corrected chi connectivity index (χ0v) is 13.6. The normalized spacial score (nSPS) is 18.6. The molecule has 0 saturated heterocycles. The molecule has 0 N–H and O–H groups in total. The summed E-state index contributed by atoms with van der Waals surface area (Å²) in [5.74, 6) is 0.293. The second-order valence-electron chi connectivity index (χ2n) is 5.49. The molecule has 0 fully saturated rings. The van der Waals surface area contributed by atoms with Crippen LogP contribution in [0, 0.1) is 5.92 Å². The first-order chi connectivity index (χ1) is 9.66. The van der Waals surface area contributed by atoms with Gasteiger partial charge in [0.25, 0.3) is 0 Å². The molecule has 2 aromatic rings. The summed E-state index contributed by atoms with van der Waals surface area (Å²) in [5.41, 5.74) is 1.32. The van der Waals surface area contributed by atoms with E-state index in [1.165, 1.54) is 16.3 Å². The molecular weight excluding hydrogens is 269 g/mol. The maximum atomic E-state index is 5.49. The molecule has 0 bridgehead atoms. The zero-order valence-electron chi connectivity index (χ0n) is 12.8. The number of allylic oxidation sites excluding steroid dienone is 2. The van der Waals surface area contributed by atoms with Crippen LogP contribution < -0.4 is 18.9 Å². The summed E-state index contributed by atoms with van der Waals surface area (Å²) in [6.07, 6.45) is 6.32. The van der Waals surface area contributed by atoms with Crippen LogP contribution in [-0.2, 0) is 12.6 Å². The molecule has 0 spiro atoms. The van der Waals surface area contributed by atoms with Gasteiger partial charge in [0.15, 0.2) is 0 Å². The topological polar surface area (TPSA) is 3.24 Å². The Labute approximate surface area is 144 Å². The predicted octanol–water partition coefficient (Wildman–Crippen LogP) is 1.06. The van der Waals surface area contributed by atoms with E-state index in [1.54, 1.807) is 0 Å². The minimum atomic E-state index is 0. The molecule has 0 amide bonds. The molecule has 2 atom stereocenters. The van der Waals surface area contributed by atoms with E-state index in [1.807, 2.05) is 6.08 Å². The fourth-order valence-electron chi connectivity index (χ4n) is 2.96. The van der Waals surface area contributed by atoms with E-state index in [2.05, 4.69) is 73.6 Å². The van der Waals surface area contributed by atoms with Gasteiger partial charge in [-0.15, -0.1) is 0 Å². The van der Waals surface area contributed by atoms with Crippen molar-refractivity contribution in [1.29, 1.82) is 0 Å². The van der Waals surface area contributed by atoms with Crippen LogP contribution in [0.5, 0.6) is 0 Å². The maximum Gasteiger partial charge on any atom is 1.00 e. The van der Waals surface area contributed by atoms with Gasteiger partial charge in [-0.1, -0.05) is 54.6 Å². The molecule has 1 nitrogen and oxygen atoms in total. The standard InChI is InChI=1S/C18H19NS.Li/c1-19(2)18(16-8-5-9-17(16)20)15-11-10-13-6-3-4-7-14(13)12-15;/h3-12,16,18,20H,1-2H3;/q;+1/p-1/t16?,18-;/m1./s1. The van der Waals surface area contributed by atoms with Crippen molar-refractivity contribution in [2.45, 2.75) is 6.04 Å². The van der Waals surface area contributed by atoms with Gasteiger partial charge in [-0.25, -0.2) is 0 Å². The molecule has 2 aromatic carbocycles. The van der Waals surface area contributed by atoms with E-state index in [-0.39, 0.29) is 18.9 Å². The Bertz CT molecular complexity index is 690. The van der Waals surface area contributed by atoms with Gasteiger partial charge in [-0.3, -0.25) is 0 Å². The molecule has 0 saturated carbocycles. The van der Waals surface area contributed by atoms with Crippen molar-refractivity contribution in [1.82, 2.24) is 4.90 Å². The monoisotopic (exact) mass is 287 g/mol. The Morgan fingerprint density at radius 2 is 1.76 bits per heavy atom. The molecule has 1 unspecified atom stereocenters. The number of benzene rings is 2. The first-order valence-electron chi connectivity index (χ1n) is 6.87. The summed E-state index contributed by atoms with van der Waals surface area (Å²) in [4.78, 5) is 3.28. The van der Waals surface area contributed by atoms with Crippen molar-refractivity contribution in [3.05, 3.63) is 71.2 Å². The molecular formula is C18H18LiNS. The molecule has 3 rings (SSSR count). The van der Waals surface area contributed by atoms with Crippen LogP contribution in [0.1, 0.15) is 11.6 Å². The van der Waals surface area contributed by atoms with Crippen LogP contribution in [0.2, 0.25) is 0 Å². The van der Waals surface area contributed by atoms with Crippen LogP contribution in [-0.4, -0.2) is 19.0 Å².